The van der Waals surface area contributed by atoms with Crippen molar-refractivity contribution in [2.45, 2.75) is 44.3 Å². The quantitative estimate of drug-likeness (QED) is 0.341. The van der Waals surface area contributed by atoms with E-state index in [-0.39, 0.29) is 17.6 Å². The minimum Gasteiger partial charge on any atom is -0.496 e. The highest BCUT2D eigenvalue weighted by atomic mass is 32.2. The Morgan fingerprint density at radius 3 is 2.60 bits per heavy atom. The van der Waals surface area contributed by atoms with Crippen molar-refractivity contribution in [1.29, 1.82) is 0 Å². The number of thioether (sulfide) groups is 1. The number of benzene rings is 2. The molecule has 0 aliphatic carbocycles. The number of amides is 1. The Balaban J connectivity index is 1.62. The van der Waals surface area contributed by atoms with E-state index in [1.54, 1.807) is 18.9 Å². The minimum absolute atomic E-state index is 0.106. The fourth-order valence-electron chi connectivity index (χ4n) is 4.22. The van der Waals surface area contributed by atoms with Crippen LogP contribution < -0.4 is 4.74 Å². The molecule has 4 rings (SSSR count). The molecule has 2 aromatic carbocycles. The molecule has 1 aliphatic heterocycles. The van der Waals surface area contributed by atoms with E-state index in [2.05, 4.69) is 10.2 Å². The van der Waals surface area contributed by atoms with Crippen molar-refractivity contribution >= 4 is 23.6 Å². The normalized spacial score (nSPS) is 15.6. The number of piperidine rings is 1. The number of methoxy groups -OCH3 is 1. The summed E-state index contributed by atoms with van der Waals surface area (Å²) in [6.07, 6.45) is 2.42. The third kappa shape index (κ3) is 5.51. The Kier molecular flexibility index (Phi) is 8.07. The van der Waals surface area contributed by atoms with Gasteiger partial charge in [0.25, 0.3) is 0 Å². The molecule has 184 valence electrons. The van der Waals surface area contributed by atoms with Gasteiger partial charge in [-0.15, -0.1) is 10.2 Å². The number of carbonyl (C=O) groups is 2. The zero-order valence-electron chi connectivity index (χ0n) is 20.3. The molecule has 0 unspecified atom stereocenters. The monoisotopic (exact) mass is 494 g/mol. The van der Waals surface area contributed by atoms with Gasteiger partial charge < -0.3 is 14.4 Å². The van der Waals surface area contributed by atoms with Crippen LogP contribution in [0.25, 0.3) is 17.1 Å². The Morgan fingerprint density at radius 1 is 1.09 bits per heavy atom. The summed E-state index contributed by atoms with van der Waals surface area (Å²) in [6.45, 7) is 4.67. The zero-order chi connectivity index (χ0) is 24.8. The molecule has 1 amide bonds. The Hall–Kier alpha value is -3.33. The number of aromatic nitrogens is 3. The van der Waals surface area contributed by atoms with Crippen LogP contribution in [0.15, 0.2) is 53.7 Å². The second-order valence-electron chi connectivity index (χ2n) is 8.32. The predicted molar refractivity (Wildman–Crippen MR) is 135 cm³/mol. The maximum Gasteiger partial charge on any atom is 0.328 e. The van der Waals surface area contributed by atoms with Crippen molar-refractivity contribution in [2.24, 2.45) is 0 Å². The maximum absolute atomic E-state index is 13.2. The molecule has 1 saturated heterocycles. The van der Waals surface area contributed by atoms with Gasteiger partial charge in [0.05, 0.1) is 25.0 Å². The first kappa shape index (κ1) is 24.8. The first-order valence-corrected chi connectivity index (χ1v) is 12.8. The predicted octanol–water partition coefficient (Wildman–Crippen LogP) is 4.29. The minimum atomic E-state index is -0.518. The molecule has 1 fully saturated rings. The number of likely N-dealkylation sites (tertiary alicyclic amines) is 1. The van der Waals surface area contributed by atoms with Crippen LogP contribution in [-0.4, -0.2) is 63.6 Å². The van der Waals surface area contributed by atoms with Gasteiger partial charge in [0.15, 0.2) is 11.0 Å². The van der Waals surface area contributed by atoms with Crippen LogP contribution in [-0.2, 0) is 14.3 Å². The number of hydrogen-bond donors (Lipinski definition) is 0. The molecular formula is C26H30N4O4S. The number of aryl methyl sites for hydroxylation is 1. The summed E-state index contributed by atoms with van der Waals surface area (Å²) < 4.78 is 12.7. The summed E-state index contributed by atoms with van der Waals surface area (Å²) in [4.78, 5) is 27.2. The summed E-state index contributed by atoms with van der Waals surface area (Å²) in [6, 6.07) is 15.2. The third-order valence-electron chi connectivity index (χ3n) is 5.98. The molecule has 1 atom stereocenters. The highest BCUT2D eigenvalue weighted by molar-refractivity contribution is 7.99. The van der Waals surface area contributed by atoms with E-state index < -0.39 is 6.04 Å². The number of esters is 1. The van der Waals surface area contributed by atoms with Crippen molar-refractivity contribution in [1.82, 2.24) is 19.7 Å². The van der Waals surface area contributed by atoms with Gasteiger partial charge in [-0.05, 0) is 57.4 Å². The second-order valence-corrected chi connectivity index (χ2v) is 9.26. The van der Waals surface area contributed by atoms with E-state index in [0.717, 1.165) is 29.7 Å². The van der Waals surface area contributed by atoms with Crippen LogP contribution in [0.3, 0.4) is 0 Å². The summed E-state index contributed by atoms with van der Waals surface area (Å²) in [5, 5.41) is 9.48. The summed E-state index contributed by atoms with van der Waals surface area (Å²) >= 11 is 1.31. The van der Waals surface area contributed by atoms with Gasteiger partial charge in [-0.25, -0.2) is 4.79 Å². The van der Waals surface area contributed by atoms with Gasteiger partial charge in [-0.2, -0.15) is 0 Å². The second kappa shape index (κ2) is 11.4. The number of rotatable bonds is 8. The lowest BCUT2D eigenvalue weighted by Crippen LogP contribution is -2.49. The van der Waals surface area contributed by atoms with Crippen molar-refractivity contribution < 1.29 is 19.1 Å². The molecule has 0 radical (unpaired) electrons. The molecule has 0 N–H and O–H groups in total. The van der Waals surface area contributed by atoms with E-state index in [4.69, 9.17) is 9.47 Å². The summed E-state index contributed by atoms with van der Waals surface area (Å²) in [7, 11) is 1.62. The molecule has 3 aromatic rings. The number of para-hydroxylation sites is 1. The molecular weight excluding hydrogens is 464 g/mol. The zero-order valence-corrected chi connectivity index (χ0v) is 21.1. The third-order valence-corrected chi connectivity index (χ3v) is 6.89. The highest BCUT2D eigenvalue weighted by Crippen LogP contribution is 2.33. The van der Waals surface area contributed by atoms with E-state index in [9.17, 15) is 9.59 Å². The molecule has 0 bridgehead atoms. The van der Waals surface area contributed by atoms with E-state index >= 15 is 0 Å². The van der Waals surface area contributed by atoms with Gasteiger partial charge in [0.2, 0.25) is 5.91 Å². The topological polar surface area (TPSA) is 86.6 Å². The van der Waals surface area contributed by atoms with Gasteiger partial charge >= 0.3 is 5.97 Å². The van der Waals surface area contributed by atoms with Gasteiger partial charge in [0, 0.05) is 12.2 Å². The largest absolute Gasteiger partial charge is 0.496 e. The van der Waals surface area contributed by atoms with Crippen molar-refractivity contribution in [3.05, 3.63) is 54.1 Å². The van der Waals surface area contributed by atoms with E-state index in [0.29, 0.717) is 36.3 Å². The summed E-state index contributed by atoms with van der Waals surface area (Å²) in [5.41, 5.74) is 2.83. The average Bonchev–Trinajstić information content (AvgIpc) is 3.31. The SMILES string of the molecule is CCOC(=O)[C@@H]1CCCCN1C(=O)CSc1nnc(-c2ccccc2OC)n1-c1ccc(C)cc1. The molecule has 2 heterocycles. The van der Waals surface area contributed by atoms with Crippen LogP contribution in [0.4, 0.5) is 0 Å². The lowest BCUT2D eigenvalue weighted by molar-refractivity contribution is -0.155. The number of carbonyl (C=O) groups excluding carboxylic acids is 2. The standard InChI is InChI=1S/C26H30N4O4S/c1-4-34-25(32)21-10-7-8-16-29(21)23(31)17-35-26-28-27-24(20-9-5-6-11-22(20)33-3)30(26)19-14-12-18(2)13-15-19/h5-6,9,11-15,21H,4,7-8,10,16-17H2,1-3H3/t21-/m0/s1. The molecule has 8 nitrogen and oxygen atoms in total. The Bertz CT molecular complexity index is 1180. The van der Waals surface area contributed by atoms with Crippen molar-refractivity contribution in [2.75, 3.05) is 26.0 Å². The molecule has 35 heavy (non-hydrogen) atoms. The molecule has 1 aliphatic rings. The first-order chi connectivity index (χ1) is 17.0. The van der Waals surface area contributed by atoms with Crippen LogP contribution in [0.1, 0.15) is 31.7 Å². The maximum atomic E-state index is 13.2. The fourth-order valence-corrected chi connectivity index (χ4v) is 5.05. The smallest absolute Gasteiger partial charge is 0.328 e. The van der Waals surface area contributed by atoms with Gasteiger partial charge in [0.1, 0.15) is 11.8 Å². The lowest BCUT2D eigenvalue weighted by atomic mass is 10.0. The van der Waals surface area contributed by atoms with Crippen LogP contribution in [0, 0.1) is 6.92 Å². The highest BCUT2D eigenvalue weighted by Gasteiger charge is 2.33. The number of nitrogens with zero attached hydrogens (tertiary/aromatic N) is 4. The van der Waals surface area contributed by atoms with Gasteiger partial charge in [-0.1, -0.05) is 41.6 Å². The van der Waals surface area contributed by atoms with E-state index in [1.165, 1.54) is 11.8 Å². The van der Waals surface area contributed by atoms with Crippen molar-refractivity contribution in [3.8, 4) is 22.8 Å². The van der Waals surface area contributed by atoms with Crippen molar-refractivity contribution in [3.63, 3.8) is 0 Å². The first-order valence-electron chi connectivity index (χ1n) is 11.8. The fraction of sp³-hybridized carbons (Fsp3) is 0.385. The molecule has 9 heteroatoms. The molecule has 0 saturated carbocycles. The average molecular weight is 495 g/mol. The van der Waals surface area contributed by atoms with Gasteiger partial charge in [-0.3, -0.25) is 9.36 Å². The van der Waals surface area contributed by atoms with Crippen LogP contribution in [0.2, 0.25) is 0 Å². The lowest BCUT2D eigenvalue weighted by Gasteiger charge is -2.33. The Labute approximate surface area is 209 Å². The summed E-state index contributed by atoms with van der Waals surface area (Å²) in [5.74, 6) is 1.03. The van der Waals surface area contributed by atoms with Crippen LogP contribution in [0.5, 0.6) is 5.75 Å². The van der Waals surface area contributed by atoms with Crippen LogP contribution >= 0.6 is 11.8 Å². The molecule has 1 aromatic heterocycles. The number of hydrogen-bond acceptors (Lipinski definition) is 7. The van der Waals surface area contributed by atoms with E-state index in [1.807, 2.05) is 60.0 Å². The molecule has 0 spiro atoms. The number of ether oxygens (including phenoxy) is 2. The Morgan fingerprint density at radius 2 is 1.86 bits per heavy atom.